The van der Waals surface area contributed by atoms with Crippen LogP contribution in [-0.2, 0) is 6.42 Å². The normalized spacial score (nSPS) is 10.4. The van der Waals surface area contributed by atoms with Gasteiger partial charge in [0.15, 0.2) is 0 Å². The van der Waals surface area contributed by atoms with Gasteiger partial charge in [-0.3, -0.25) is 10.1 Å². The Morgan fingerprint density at radius 2 is 1.89 bits per heavy atom. The summed E-state index contributed by atoms with van der Waals surface area (Å²) in [5.41, 5.74) is 1.93. The SMILES string of the molecule is CCCc1cc([N+](=O)[O-])cc(-c2ccccc2)c1O. The van der Waals surface area contributed by atoms with Crippen LogP contribution in [0.1, 0.15) is 18.9 Å². The monoisotopic (exact) mass is 257 g/mol. The minimum atomic E-state index is -0.426. The van der Waals surface area contributed by atoms with Crippen LogP contribution in [0.5, 0.6) is 5.75 Å². The molecule has 0 aliphatic carbocycles. The molecule has 0 spiro atoms. The van der Waals surface area contributed by atoms with Gasteiger partial charge in [-0.15, -0.1) is 0 Å². The predicted molar refractivity (Wildman–Crippen MR) is 74.2 cm³/mol. The van der Waals surface area contributed by atoms with Crippen LogP contribution in [-0.4, -0.2) is 10.0 Å². The predicted octanol–water partition coefficient (Wildman–Crippen LogP) is 3.92. The van der Waals surface area contributed by atoms with Crippen molar-refractivity contribution in [2.45, 2.75) is 19.8 Å². The molecule has 0 bridgehead atoms. The zero-order valence-corrected chi connectivity index (χ0v) is 10.7. The van der Waals surface area contributed by atoms with Gasteiger partial charge < -0.3 is 5.11 Å². The van der Waals surface area contributed by atoms with E-state index in [1.165, 1.54) is 12.1 Å². The standard InChI is InChI=1S/C15H15NO3/c1-2-6-12-9-13(16(18)19)10-14(15(12)17)11-7-4-3-5-8-11/h3-5,7-10,17H,2,6H2,1H3. The molecular weight excluding hydrogens is 242 g/mol. The molecule has 98 valence electrons. The van der Waals surface area contributed by atoms with E-state index < -0.39 is 4.92 Å². The van der Waals surface area contributed by atoms with Crippen LogP contribution in [0, 0.1) is 10.1 Å². The van der Waals surface area contributed by atoms with E-state index >= 15 is 0 Å². The molecule has 0 fully saturated rings. The van der Waals surface area contributed by atoms with Crippen molar-refractivity contribution in [3.63, 3.8) is 0 Å². The summed E-state index contributed by atoms with van der Waals surface area (Å²) in [6.07, 6.45) is 1.44. The molecule has 0 saturated heterocycles. The van der Waals surface area contributed by atoms with Crippen molar-refractivity contribution in [1.82, 2.24) is 0 Å². The molecule has 4 heteroatoms. The summed E-state index contributed by atoms with van der Waals surface area (Å²) in [6, 6.07) is 12.1. The Morgan fingerprint density at radius 3 is 2.47 bits per heavy atom. The minimum Gasteiger partial charge on any atom is -0.507 e. The fraction of sp³-hybridized carbons (Fsp3) is 0.200. The van der Waals surface area contributed by atoms with Crippen LogP contribution in [0.25, 0.3) is 11.1 Å². The minimum absolute atomic E-state index is 0.0140. The lowest BCUT2D eigenvalue weighted by Gasteiger charge is -2.09. The Hall–Kier alpha value is -2.36. The summed E-state index contributed by atoms with van der Waals surface area (Å²) in [4.78, 5) is 10.6. The number of non-ortho nitro benzene ring substituents is 1. The Kier molecular flexibility index (Phi) is 3.80. The molecule has 0 radical (unpaired) electrons. The van der Waals surface area contributed by atoms with Gasteiger partial charge in [0, 0.05) is 23.3 Å². The molecular formula is C15H15NO3. The molecule has 4 nitrogen and oxygen atoms in total. The number of hydrogen-bond acceptors (Lipinski definition) is 3. The van der Waals surface area contributed by atoms with Gasteiger partial charge >= 0.3 is 0 Å². The number of phenols is 1. The van der Waals surface area contributed by atoms with Gasteiger partial charge in [-0.2, -0.15) is 0 Å². The number of nitrogens with zero attached hydrogens (tertiary/aromatic N) is 1. The number of phenolic OH excluding ortho intramolecular Hbond substituents is 1. The fourth-order valence-electron chi connectivity index (χ4n) is 2.08. The second kappa shape index (κ2) is 5.52. The molecule has 2 aromatic rings. The number of benzene rings is 2. The zero-order valence-electron chi connectivity index (χ0n) is 10.7. The van der Waals surface area contributed by atoms with Crippen molar-refractivity contribution < 1.29 is 10.0 Å². The highest BCUT2D eigenvalue weighted by atomic mass is 16.6. The quantitative estimate of drug-likeness (QED) is 0.667. The summed E-state index contributed by atoms with van der Waals surface area (Å²) in [5, 5.41) is 21.2. The number of nitro groups is 1. The third-order valence-corrected chi connectivity index (χ3v) is 2.99. The molecule has 0 atom stereocenters. The van der Waals surface area contributed by atoms with E-state index in [2.05, 4.69) is 0 Å². The summed E-state index contributed by atoms with van der Waals surface area (Å²) in [6.45, 7) is 1.97. The third-order valence-electron chi connectivity index (χ3n) is 2.99. The van der Waals surface area contributed by atoms with Crippen LogP contribution in [0.4, 0.5) is 5.69 Å². The van der Waals surface area contributed by atoms with E-state index in [4.69, 9.17) is 0 Å². The lowest BCUT2D eigenvalue weighted by Crippen LogP contribution is -1.94. The van der Waals surface area contributed by atoms with Gasteiger partial charge in [-0.05, 0) is 12.0 Å². The molecule has 19 heavy (non-hydrogen) atoms. The second-order valence-electron chi connectivity index (χ2n) is 4.37. The van der Waals surface area contributed by atoms with Crippen LogP contribution in [0.15, 0.2) is 42.5 Å². The topological polar surface area (TPSA) is 63.4 Å². The highest BCUT2D eigenvalue weighted by Crippen LogP contribution is 2.36. The number of aromatic hydroxyl groups is 1. The molecule has 0 aliphatic rings. The van der Waals surface area contributed by atoms with E-state index in [1.807, 2.05) is 37.3 Å². The third kappa shape index (κ3) is 2.73. The van der Waals surface area contributed by atoms with Crippen molar-refractivity contribution in [1.29, 1.82) is 0 Å². The van der Waals surface area contributed by atoms with E-state index in [0.717, 1.165) is 12.0 Å². The molecule has 0 aromatic heterocycles. The van der Waals surface area contributed by atoms with E-state index in [1.54, 1.807) is 0 Å². The van der Waals surface area contributed by atoms with Gasteiger partial charge in [0.05, 0.1) is 4.92 Å². The van der Waals surface area contributed by atoms with Crippen LogP contribution in [0.2, 0.25) is 0 Å². The number of nitro benzene ring substituents is 1. The van der Waals surface area contributed by atoms with Crippen molar-refractivity contribution in [3.8, 4) is 16.9 Å². The van der Waals surface area contributed by atoms with Crippen molar-refractivity contribution in [3.05, 3.63) is 58.1 Å². The van der Waals surface area contributed by atoms with Crippen molar-refractivity contribution in [2.75, 3.05) is 0 Å². The average molecular weight is 257 g/mol. The maximum atomic E-state index is 11.0. The number of hydrogen-bond donors (Lipinski definition) is 1. The average Bonchev–Trinajstić information content (AvgIpc) is 2.42. The van der Waals surface area contributed by atoms with Gasteiger partial charge in [0.1, 0.15) is 5.75 Å². The first-order valence-electron chi connectivity index (χ1n) is 6.19. The van der Waals surface area contributed by atoms with E-state index in [-0.39, 0.29) is 11.4 Å². The van der Waals surface area contributed by atoms with Crippen LogP contribution < -0.4 is 0 Å². The maximum Gasteiger partial charge on any atom is 0.270 e. The zero-order chi connectivity index (χ0) is 13.8. The lowest BCUT2D eigenvalue weighted by atomic mass is 9.98. The Morgan fingerprint density at radius 1 is 1.21 bits per heavy atom. The molecule has 0 unspecified atom stereocenters. The smallest absolute Gasteiger partial charge is 0.270 e. The fourth-order valence-corrected chi connectivity index (χ4v) is 2.08. The Labute approximate surface area is 111 Å². The molecule has 0 aliphatic heterocycles. The first-order valence-corrected chi connectivity index (χ1v) is 6.19. The first-order chi connectivity index (χ1) is 9.13. The Balaban J connectivity index is 2.62. The largest absolute Gasteiger partial charge is 0.507 e. The number of rotatable bonds is 4. The van der Waals surface area contributed by atoms with Crippen LogP contribution >= 0.6 is 0 Å². The second-order valence-corrected chi connectivity index (χ2v) is 4.37. The summed E-state index contributed by atoms with van der Waals surface area (Å²) in [5.74, 6) is 0.138. The summed E-state index contributed by atoms with van der Waals surface area (Å²) < 4.78 is 0. The van der Waals surface area contributed by atoms with Gasteiger partial charge in [-0.1, -0.05) is 43.7 Å². The molecule has 0 saturated carbocycles. The summed E-state index contributed by atoms with van der Waals surface area (Å²) >= 11 is 0. The Bertz CT molecular complexity index is 594. The molecule has 0 amide bonds. The van der Waals surface area contributed by atoms with Crippen LogP contribution in [0.3, 0.4) is 0 Å². The molecule has 0 heterocycles. The molecule has 1 N–H and O–H groups in total. The lowest BCUT2D eigenvalue weighted by molar-refractivity contribution is -0.384. The van der Waals surface area contributed by atoms with Crippen molar-refractivity contribution in [2.24, 2.45) is 0 Å². The highest BCUT2D eigenvalue weighted by molar-refractivity contribution is 5.74. The van der Waals surface area contributed by atoms with E-state index in [9.17, 15) is 15.2 Å². The molecule has 2 aromatic carbocycles. The molecule has 2 rings (SSSR count). The van der Waals surface area contributed by atoms with Gasteiger partial charge in [-0.25, -0.2) is 0 Å². The number of aryl methyl sites for hydroxylation is 1. The maximum absolute atomic E-state index is 11.0. The highest BCUT2D eigenvalue weighted by Gasteiger charge is 2.16. The summed E-state index contributed by atoms with van der Waals surface area (Å²) in [7, 11) is 0. The van der Waals surface area contributed by atoms with Gasteiger partial charge in [0.2, 0.25) is 0 Å². The van der Waals surface area contributed by atoms with E-state index in [0.29, 0.717) is 17.5 Å². The first kappa shape index (κ1) is 13.1. The van der Waals surface area contributed by atoms with Gasteiger partial charge in [0.25, 0.3) is 5.69 Å². The van der Waals surface area contributed by atoms with Crippen molar-refractivity contribution >= 4 is 5.69 Å².